The van der Waals surface area contributed by atoms with Crippen molar-refractivity contribution in [3.63, 3.8) is 0 Å². The van der Waals surface area contributed by atoms with Crippen LogP contribution in [0.3, 0.4) is 0 Å². The molecule has 1 aromatic carbocycles. The van der Waals surface area contributed by atoms with E-state index in [-0.39, 0.29) is 11.4 Å². The minimum absolute atomic E-state index is 0.0887. The van der Waals surface area contributed by atoms with Crippen LogP contribution in [0.5, 0.6) is 0 Å². The Kier molecular flexibility index (Phi) is 5.08. The summed E-state index contributed by atoms with van der Waals surface area (Å²) < 4.78 is 14.7. The molecule has 1 amide bonds. The topological polar surface area (TPSA) is 101 Å². The van der Waals surface area contributed by atoms with Crippen molar-refractivity contribution in [2.45, 2.75) is 18.4 Å². The van der Waals surface area contributed by atoms with Crippen LogP contribution in [0.2, 0.25) is 0 Å². The molecular formula is C17H16FN3O4S. The Morgan fingerprint density at radius 3 is 2.54 bits per heavy atom. The van der Waals surface area contributed by atoms with Crippen molar-refractivity contribution in [1.82, 2.24) is 15.1 Å². The average molecular weight is 377 g/mol. The van der Waals surface area contributed by atoms with Crippen molar-refractivity contribution in [2.75, 3.05) is 11.5 Å². The molecule has 1 aliphatic heterocycles. The Balaban J connectivity index is 1.93. The molecule has 9 heteroatoms. The Morgan fingerprint density at radius 1 is 1.19 bits per heavy atom. The molecule has 1 fully saturated rings. The summed E-state index contributed by atoms with van der Waals surface area (Å²) in [4.78, 5) is 36.2. The van der Waals surface area contributed by atoms with E-state index in [0.717, 1.165) is 10.7 Å². The summed E-state index contributed by atoms with van der Waals surface area (Å²) in [6, 6.07) is 7.84. The predicted octanol–water partition coefficient (Wildman–Crippen LogP) is 1.45. The van der Waals surface area contributed by atoms with Crippen LogP contribution in [0.1, 0.15) is 23.3 Å². The van der Waals surface area contributed by atoms with Gasteiger partial charge in [-0.2, -0.15) is 21.5 Å². The number of nitrogens with zero attached hydrogens (tertiary/aromatic N) is 2. The lowest BCUT2D eigenvalue weighted by molar-refractivity contribution is -0.144. The first kappa shape index (κ1) is 18.1. The normalized spacial score (nSPS) is 16.0. The number of halogens is 1. The molecule has 2 aromatic rings. The Bertz CT molecular complexity index is 909. The number of nitrogens with one attached hydrogen (secondary N) is 1. The highest BCUT2D eigenvalue weighted by atomic mass is 32.2. The van der Waals surface area contributed by atoms with Crippen LogP contribution in [0, 0.1) is 5.82 Å². The minimum atomic E-state index is -1.36. The monoisotopic (exact) mass is 377 g/mol. The first-order valence-corrected chi connectivity index (χ1v) is 9.07. The summed E-state index contributed by atoms with van der Waals surface area (Å²) in [5.41, 5.74) is -2.21. The van der Waals surface area contributed by atoms with Crippen LogP contribution in [-0.2, 0) is 4.79 Å². The maximum atomic E-state index is 13.9. The van der Waals surface area contributed by atoms with Gasteiger partial charge >= 0.3 is 5.97 Å². The SMILES string of the molecule is O=C(NC1(C(=O)O)CCSCC1)c1ccc(=O)n(-c2ccccc2F)n1. The van der Waals surface area contributed by atoms with Crippen molar-refractivity contribution in [3.8, 4) is 5.69 Å². The molecule has 0 radical (unpaired) electrons. The number of aliphatic carboxylic acids is 1. The van der Waals surface area contributed by atoms with Crippen LogP contribution in [0.4, 0.5) is 4.39 Å². The van der Waals surface area contributed by atoms with Gasteiger partial charge < -0.3 is 10.4 Å². The first-order valence-electron chi connectivity index (χ1n) is 7.92. The van der Waals surface area contributed by atoms with Gasteiger partial charge in [-0.1, -0.05) is 12.1 Å². The molecule has 26 heavy (non-hydrogen) atoms. The molecule has 1 aromatic heterocycles. The summed E-state index contributed by atoms with van der Waals surface area (Å²) in [6.07, 6.45) is 0.595. The number of carbonyl (C=O) groups excluding carboxylic acids is 1. The van der Waals surface area contributed by atoms with Crippen molar-refractivity contribution < 1.29 is 19.1 Å². The molecule has 0 aliphatic carbocycles. The van der Waals surface area contributed by atoms with Gasteiger partial charge in [0, 0.05) is 6.07 Å². The third-order valence-corrected chi connectivity index (χ3v) is 5.21. The summed E-state index contributed by atoms with van der Waals surface area (Å²) >= 11 is 1.62. The van der Waals surface area contributed by atoms with Crippen molar-refractivity contribution in [2.24, 2.45) is 0 Å². The molecule has 3 rings (SSSR count). The smallest absolute Gasteiger partial charge is 0.329 e. The molecule has 0 atom stereocenters. The molecule has 0 saturated carbocycles. The standard InChI is InChI=1S/C17H16FN3O4S/c18-11-3-1-2-4-13(11)21-14(22)6-5-12(20-21)15(23)19-17(16(24)25)7-9-26-10-8-17/h1-6H,7-10H2,(H,19,23)(H,24,25). The summed E-state index contributed by atoms with van der Waals surface area (Å²) in [5.74, 6) is -1.24. The number of carboxylic acid groups (broad SMARTS) is 1. The van der Waals surface area contributed by atoms with Gasteiger partial charge in [0.25, 0.3) is 11.5 Å². The zero-order valence-electron chi connectivity index (χ0n) is 13.6. The fraction of sp³-hybridized carbons (Fsp3) is 0.294. The number of carbonyl (C=O) groups is 2. The number of aromatic nitrogens is 2. The lowest BCUT2D eigenvalue weighted by Gasteiger charge is -2.33. The van der Waals surface area contributed by atoms with E-state index in [1.807, 2.05) is 0 Å². The number of rotatable bonds is 4. The zero-order valence-corrected chi connectivity index (χ0v) is 14.5. The van der Waals surface area contributed by atoms with Gasteiger partial charge in [-0.05, 0) is 42.5 Å². The Hall–Kier alpha value is -2.68. The fourth-order valence-corrected chi connectivity index (χ4v) is 3.91. The molecule has 1 aliphatic rings. The average Bonchev–Trinajstić information content (AvgIpc) is 2.63. The Labute approximate surface area is 152 Å². The van der Waals surface area contributed by atoms with E-state index in [0.29, 0.717) is 24.3 Å². The maximum Gasteiger partial charge on any atom is 0.329 e. The molecule has 2 heterocycles. The molecular weight excluding hydrogens is 361 g/mol. The highest BCUT2D eigenvalue weighted by molar-refractivity contribution is 7.99. The second kappa shape index (κ2) is 7.28. The second-order valence-electron chi connectivity index (χ2n) is 5.87. The van der Waals surface area contributed by atoms with E-state index in [9.17, 15) is 23.9 Å². The van der Waals surface area contributed by atoms with Gasteiger partial charge in [0.15, 0.2) is 0 Å². The largest absolute Gasteiger partial charge is 0.480 e. The van der Waals surface area contributed by atoms with Gasteiger partial charge in [-0.25, -0.2) is 9.18 Å². The van der Waals surface area contributed by atoms with Gasteiger partial charge in [0.05, 0.1) is 0 Å². The quantitative estimate of drug-likeness (QED) is 0.836. The number of hydrogen-bond acceptors (Lipinski definition) is 5. The molecule has 0 spiro atoms. The number of amides is 1. The molecule has 2 N–H and O–H groups in total. The van der Waals surface area contributed by atoms with E-state index in [1.165, 1.54) is 24.3 Å². The fourth-order valence-electron chi connectivity index (χ4n) is 2.72. The van der Waals surface area contributed by atoms with Crippen LogP contribution >= 0.6 is 11.8 Å². The van der Waals surface area contributed by atoms with Gasteiger partial charge in [0.2, 0.25) is 0 Å². The van der Waals surface area contributed by atoms with E-state index in [4.69, 9.17) is 0 Å². The summed E-state index contributed by atoms with van der Waals surface area (Å²) in [5, 5.41) is 16.0. The third-order valence-electron chi connectivity index (χ3n) is 4.22. The summed E-state index contributed by atoms with van der Waals surface area (Å²) in [6.45, 7) is 0. The number of benzene rings is 1. The molecule has 136 valence electrons. The highest BCUT2D eigenvalue weighted by Crippen LogP contribution is 2.27. The summed E-state index contributed by atoms with van der Waals surface area (Å²) in [7, 11) is 0. The van der Waals surface area contributed by atoms with E-state index < -0.39 is 28.8 Å². The number of thioether (sulfide) groups is 1. The van der Waals surface area contributed by atoms with Crippen LogP contribution in [0.25, 0.3) is 5.69 Å². The van der Waals surface area contributed by atoms with E-state index in [2.05, 4.69) is 10.4 Å². The van der Waals surface area contributed by atoms with Crippen LogP contribution in [0.15, 0.2) is 41.2 Å². The lowest BCUT2D eigenvalue weighted by atomic mass is 9.92. The molecule has 1 saturated heterocycles. The number of hydrogen-bond donors (Lipinski definition) is 2. The zero-order chi connectivity index (χ0) is 18.7. The third kappa shape index (κ3) is 3.48. The van der Waals surface area contributed by atoms with Crippen LogP contribution < -0.4 is 10.9 Å². The predicted molar refractivity (Wildman–Crippen MR) is 94.2 cm³/mol. The number of para-hydroxylation sites is 1. The molecule has 7 nitrogen and oxygen atoms in total. The lowest BCUT2D eigenvalue weighted by Crippen LogP contribution is -2.56. The maximum absolute atomic E-state index is 13.9. The van der Waals surface area contributed by atoms with Gasteiger partial charge in [0.1, 0.15) is 22.7 Å². The number of carboxylic acids is 1. The van der Waals surface area contributed by atoms with Crippen molar-refractivity contribution in [1.29, 1.82) is 0 Å². The van der Waals surface area contributed by atoms with Gasteiger partial charge in [-0.15, -0.1) is 0 Å². The van der Waals surface area contributed by atoms with E-state index in [1.54, 1.807) is 17.8 Å². The molecule has 0 unspecified atom stereocenters. The van der Waals surface area contributed by atoms with Gasteiger partial charge in [-0.3, -0.25) is 9.59 Å². The van der Waals surface area contributed by atoms with Crippen molar-refractivity contribution >= 4 is 23.6 Å². The first-order chi connectivity index (χ1) is 12.4. The van der Waals surface area contributed by atoms with Crippen LogP contribution in [-0.4, -0.2) is 43.8 Å². The van der Waals surface area contributed by atoms with E-state index >= 15 is 0 Å². The highest BCUT2D eigenvalue weighted by Gasteiger charge is 2.41. The molecule has 0 bridgehead atoms. The Morgan fingerprint density at radius 2 is 1.88 bits per heavy atom. The second-order valence-corrected chi connectivity index (χ2v) is 7.10. The minimum Gasteiger partial charge on any atom is -0.480 e. The van der Waals surface area contributed by atoms with Crippen molar-refractivity contribution in [3.05, 3.63) is 58.3 Å².